The van der Waals surface area contributed by atoms with Crippen molar-refractivity contribution in [3.8, 4) is 0 Å². The van der Waals surface area contributed by atoms with Gasteiger partial charge < -0.3 is 91.8 Å². The van der Waals surface area contributed by atoms with Crippen LogP contribution in [0.15, 0.2) is 35.3 Å². The van der Waals surface area contributed by atoms with Gasteiger partial charge in [0.2, 0.25) is 59.1 Å². The number of carboxylic acids is 2. The van der Waals surface area contributed by atoms with Crippen LogP contribution in [0.2, 0.25) is 0 Å². The molecule has 23 N–H and O–H groups in total. The normalized spacial score (nSPS) is 15.5. The number of carbonyl (C=O) groups is 13. The van der Waals surface area contributed by atoms with Gasteiger partial charge in [0.15, 0.2) is 18.1 Å². The van der Waals surface area contributed by atoms with Crippen LogP contribution < -0.4 is 66.3 Å². The van der Waals surface area contributed by atoms with Crippen molar-refractivity contribution in [3.05, 3.63) is 35.9 Å². The highest BCUT2D eigenvalue weighted by molar-refractivity contribution is 6.07. The van der Waals surface area contributed by atoms with E-state index in [0.717, 1.165) is 6.92 Å². The maximum Gasteiger partial charge on any atom is 0.490 e. The Morgan fingerprint density at radius 1 is 0.573 bits per heavy atom. The van der Waals surface area contributed by atoms with Crippen LogP contribution in [0.3, 0.4) is 0 Å². The van der Waals surface area contributed by atoms with Crippen LogP contribution in [0.25, 0.3) is 0 Å². The molecule has 0 saturated carbocycles. The summed E-state index contributed by atoms with van der Waals surface area (Å²) in [4.78, 5) is 180. The monoisotopic (exact) mass is 1380 g/mol. The van der Waals surface area contributed by atoms with Gasteiger partial charge in [-0.25, -0.2) is 9.59 Å². The van der Waals surface area contributed by atoms with E-state index in [1.165, 1.54) is 6.92 Å². The number of halogens is 3. The molecule has 11 amide bonds. The molecule has 0 heterocycles. The summed E-state index contributed by atoms with van der Waals surface area (Å²) in [6.07, 6.45) is -9.33. The van der Waals surface area contributed by atoms with Gasteiger partial charge in [-0.15, -0.1) is 0 Å². The molecule has 544 valence electrons. The number of alkyl halides is 3. The Balaban J connectivity index is 0.0000121. The number of carbonyl (C=O) groups excluding carboxylic acids is 11. The second kappa shape index (κ2) is 42.2. The molecule has 1 aromatic rings. The number of rotatable bonds is 39. The Bertz CT molecular complexity index is 2810. The van der Waals surface area contributed by atoms with Crippen molar-refractivity contribution in [1.82, 2.24) is 41.7 Å². The molecule has 0 radical (unpaired) electrons. The van der Waals surface area contributed by atoms with Gasteiger partial charge in [-0.05, 0) is 80.6 Å². The summed E-state index contributed by atoms with van der Waals surface area (Å²) in [7, 11) is 0. The Labute approximate surface area is 554 Å². The third-order valence-corrected chi connectivity index (χ3v) is 14.4. The molecule has 0 bridgehead atoms. The fourth-order valence-electron chi connectivity index (χ4n) is 9.26. The maximum absolute atomic E-state index is 15.6. The molecule has 36 heteroatoms. The smallest absolute Gasteiger partial charge is 0.480 e. The zero-order chi connectivity index (χ0) is 74.4. The van der Waals surface area contributed by atoms with E-state index >= 15 is 9.59 Å². The minimum absolute atomic E-state index is 0.00295. The second-order valence-corrected chi connectivity index (χ2v) is 24.7. The van der Waals surface area contributed by atoms with Crippen LogP contribution in [-0.2, 0) is 68.7 Å². The van der Waals surface area contributed by atoms with Crippen molar-refractivity contribution < 1.29 is 101 Å². The van der Waals surface area contributed by atoms with Crippen LogP contribution in [0.4, 0.5) is 13.2 Å². The van der Waals surface area contributed by atoms with Gasteiger partial charge in [-0.2, -0.15) is 13.2 Å². The highest BCUT2D eigenvalue weighted by atomic mass is 19.4. The Hall–Kier alpha value is -8.45. The molecule has 13 atom stereocenters. The van der Waals surface area contributed by atoms with E-state index in [0.29, 0.717) is 16.9 Å². The van der Waals surface area contributed by atoms with Gasteiger partial charge in [0.05, 0.1) is 31.3 Å². The molecule has 1 rings (SSSR count). The lowest BCUT2D eigenvalue weighted by Gasteiger charge is -2.36. The summed E-state index contributed by atoms with van der Waals surface area (Å²) >= 11 is 0. The first kappa shape index (κ1) is 87.5. The number of aliphatic imine (C=N–C) groups is 1. The Morgan fingerprint density at radius 3 is 1.52 bits per heavy atom. The van der Waals surface area contributed by atoms with E-state index < -0.39 is 181 Å². The zero-order valence-electron chi connectivity index (χ0n) is 56.0. The number of nitrogens with zero attached hydrogens (tertiary/aromatic N) is 3. The fourth-order valence-corrected chi connectivity index (χ4v) is 9.26. The molecule has 0 spiro atoms. The van der Waals surface area contributed by atoms with Gasteiger partial charge in [-0.1, -0.05) is 106 Å². The Kier molecular flexibility index (Phi) is 38.5. The molecule has 96 heavy (non-hydrogen) atoms. The fraction of sp³-hybridized carbons (Fsp3) is 0.667. The maximum atomic E-state index is 15.6. The molecule has 0 aromatic heterocycles. The lowest BCUT2D eigenvalue weighted by molar-refractivity contribution is -0.192. The van der Waals surface area contributed by atoms with Crippen molar-refractivity contribution in [2.45, 2.75) is 206 Å². The largest absolute Gasteiger partial charge is 0.490 e. The quantitative estimate of drug-likeness (QED) is 0.0172. The molecule has 0 aliphatic carbocycles. The molecular formula is C60H100F3N15O18. The van der Waals surface area contributed by atoms with Gasteiger partial charge in [0.1, 0.15) is 42.3 Å². The van der Waals surface area contributed by atoms with Crippen molar-refractivity contribution >= 4 is 82.9 Å². The third kappa shape index (κ3) is 30.5. The highest BCUT2D eigenvalue weighted by Gasteiger charge is 2.45. The molecule has 0 saturated heterocycles. The van der Waals surface area contributed by atoms with Crippen LogP contribution in [0, 0.1) is 29.6 Å². The standard InChI is InChI=1S/C58H99N15O16.C2HF3O2/c1-12-32(10)44(53(84)71-45(33(11)75)52(83)66-26-42(76)72(41(27-74)57(88)89)56(87)43(61)46(77)47(62)78)70-49(80)37(19-16-20-65-58(63)64)67-51(82)40(24-31(8)9)73(54(85)36(60)22-29(4)5)55(86)39(25-34-17-14-13-15-18-34)69-50(81)38(23-30(6)7)68-48(79)35(59)21-28(2)3;3-2(4,5)1(6)7/h13-15,17-18,28-33,35-41,43-46,74-75,77H,12,16,19-27,59-61H2,1-11H3,(H2,62,78)(H,66,83)(H,67,82)(H,68,79)(H,69,81)(H,70,80)(H,71,84)(H,88,89)(H4,63,64,65);(H,6,7)/t32?,33?,35?,36?,37-,38+,39+,40+,41-,43?,44+,45?,46+;/m1./s1. The predicted molar refractivity (Wildman–Crippen MR) is 340 cm³/mol. The van der Waals surface area contributed by atoms with Crippen molar-refractivity contribution in [3.63, 3.8) is 0 Å². The molecule has 33 nitrogen and oxygen atoms in total. The number of amides is 11. The predicted octanol–water partition coefficient (Wildman–Crippen LogP) is -3.58. The highest BCUT2D eigenvalue weighted by Crippen LogP contribution is 2.21. The number of hydrogen-bond donors (Lipinski definition) is 17. The summed E-state index contributed by atoms with van der Waals surface area (Å²) in [5.41, 5.74) is 35.1. The first-order chi connectivity index (χ1) is 44.4. The van der Waals surface area contributed by atoms with E-state index in [9.17, 15) is 81.5 Å². The second-order valence-electron chi connectivity index (χ2n) is 24.7. The number of hydrogen-bond acceptors (Lipinski definition) is 20. The lowest BCUT2D eigenvalue weighted by Crippen LogP contribution is -2.64. The number of guanidine groups is 1. The average molecular weight is 1380 g/mol. The summed E-state index contributed by atoms with van der Waals surface area (Å²) in [5.74, 6) is -19.2. The number of aliphatic hydroxyl groups excluding tert-OH is 3. The van der Waals surface area contributed by atoms with Crippen LogP contribution in [0.1, 0.15) is 127 Å². The minimum Gasteiger partial charge on any atom is -0.480 e. The first-order valence-corrected chi connectivity index (χ1v) is 31.0. The minimum atomic E-state index is -5.08. The van der Waals surface area contributed by atoms with Crippen LogP contribution >= 0.6 is 0 Å². The topological polar surface area (TPSA) is 570 Å². The number of nitrogens with two attached hydrogens (primary N) is 6. The molecule has 0 fully saturated rings. The van der Waals surface area contributed by atoms with E-state index in [1.807, 2.05) is 33.0 Å². The zero-order valence-corrected chi connectivity index (χ0v) is 56.0. The van der Waals surface area contributed by atoms with Gasteiger partial charge in [0.25, 0.3) is 5.91 Å². The molecule has 6 unspecified atom stereocenters. The summed E-state index contributed by atoms with van der Waals surface area (Å²) < 4.78 is 31.7. The van der Waals surface area contributed by atoms with Crippen LogP contribution in [0.5, 0.6) is 0 Å². The van der Waals surface area contributed by atoms with Crippen LogP contribution in [-0.4, -0.2) is 217 Å². The molecular weight excluding hydrogens is 1280 g/mol. The number of imide groups is 2. The summed E-state index contributed by atoms with van der Waals surface area (Å²) in [6, 6.07) is -8.19. The number of carboxylic acid groups (broad SMARTS) is 2. The molecule has 1 aromatic carbocycles. The van der Waals surface area contributed by atoms with E-state index in [2.05, 4.69) is 31.6 Å². The molecule has 0 aliphatic heterocycles. The average Bonchev–Trinajstić information content (AvgIpc) is 0.813. The summed E-state index contributed by atoms with van der Waals surface area (Å²) in [5, 5.41) is 62.5. The number of benzene rings is 1. The number of aliphatic carboxylic acids is 2. The molecule has 0 aliphatic rings. The van der Waals surface area contributed by atoms with Gasteiger partial charge >= 0.3 is 18.1 Å². The van der Waals surface area contributed by atoms with E-state index in [-0.39, 0.29) is 80.1 Å². The van der Waals surface area contributed by atoms with E-state index in [1.54, 1.807) is 65.0 Å². The van der Waals surface area contributed by atoms with E-state index in [4.69, 9.17) is 44.3 Å². The lowest BCUT2D eigenvalue weighted by atomic mass is 9.95. The number of aliphatic hydroxyl groups is 3. The van der Waals surface area contributed by atoms with Crippen molar-refractivity contribution in [2.24, 2.45) is 69.0 Å². The SMILES string of the molecule is CCC(C)[C@H](NC(=O)[C@@H](CCCN=C(N)N)NC(=O)[C@H](CC(C)C)N(C(=O)C(N)CC(C)C)C(=O)[C@H](Cc1ccccc1)NC(=O)[C@H](CC(C)C)NC(=O)C(N)CC(C)C)C(=O)NC(C(=O)NCC(=O)N(C(=O)C(N)[C@H](O)C(N)=O)[C@H](CO)C(=O)O)C(C)O.O=C(O)C(F)(F)F. The van der Waals surface area contributed by atoms with Crippen molar-refractivity contribution in [2.75, 3.05) is 19.7 Å². The first-order valence-electron chi connectivity index (χ1n) is 31.0. The van der Waals surface area contributed by atoms with Crippen molar-refractivity contribution in [1.29, 1.82) is 0 Å². The van der Waals surface area contributed by atoms with Gasteiger partial charge in [-0.3, -0.25) is 67.5 Å². The van der Waals surface area contributed by atoms with Gasteiger partial charge in [0, 0.05) is 13.0 Å². The Morgan fingerprint density at radius 2 is 1.06 bits per heavy atom. The number of primary amides is 1. The third-order valence-electron chi connectivity index (χ3n) is 14.4. The summed E-state index contributed by atoms with van der Waals surface area (Å²) in [6.45, 7) is 15.9. The number of nitrogens with one attached hydrogen (secondary N) is 6.